The molecule has 0 bridgehead atoms. The number of aliphatic hydroxyl groups excluding tert-OH is 1. The molecule has 0 aliphatic heterocycles. The molecule has 2 rings (SSSR count). The molecule has 0 aromatic carbocycles. The van der Waals surface area contributed by atoms with Crippen molar-refractivity contribution < 1.29 is 9.52 Å². The molecule has 0 radical (unpaired) electrons. The van der Waals surface area contributed by atoms with E-state index in [1.165, 1.54) is 0 Å². The second-order valence-corrected chi connectivity index (χ2v) is 3.66. The van der Waals surface area contributed by atoms with Crippen LogP contribution in [0, 0.1) is 0 Å². The molecule has 6 nitrogen and oxygen atoms in total. The Balaban J connectivity index is 1.83. The van der Waals surface area contributed by atoms with Gasteiger partial charge < -0.3 is 19.4 Å². The molecular weight excluding hydrogens is 220 g/mol. The molecule has 2 heterocycles. The molecular formula is C11H16N4O2. The highest BCUT2D eigenvalue weighted by Crippen LogP contribution is 2.07. The zero-order valence-electron chi connectivity index (χ0n) is 9.76. The Hall–Kier alpha value is -1.66. The summed E-state index contributed by atoms with van der Waals surface area (Å²) in [6, 6.07) is 3.62. The van der Waals surface area contributed by atoms with Gasteiger partial charge in [0.1, 0.15) is 30.3 Å². The summed E-state index contributed by atoms with van der Waals surface area (Å²) in [6.07, 6.45) is 1.72. The molecule has 0 fully saturated rings. The van der Waals surface area contributed by atoms with Gasteiger partial charge in [-0.25, -0.2) is 0 Å². The Bertz CT molecular complexity index is 463. The van der Waals surface area contributed by atoms with E-state index in [4.69, 9.17) is 9.52 Å². The van der Waals surface area contributed by atoms with Crippen LogP contribution in [0.4, 0.5) is 0 Å². The fourth-order valence-electron chi connectivity index (χ4n) is 1.58. The van der Waals surface area contributed by atoms with Crippen molar-refractivity contribution in [1.29, 1.82) is 0 Å². The van der Waals surface area contributed by atoms with Gasteiger partial charge in [0.05, 0.1) is 13.1 Å². The first-order chi connectivity index (χ1) is 8.33. The Labute approximate surface area is 99.3 Å². The predicted molar refractivity (Wildman–Crippen MR) is 60.9 cm³/mol. The molecule has 2 N–H and O–H groups in total. The number of aliphatic hydroxyl groups is 1. The van der Waals surface area contributed by atoms with Gasteiger partial charge in [-0.2, -0.15) is 0 Å². The van der Waals surface area contributed by atoms with E-state index in [1.54, 1.807) is 12.4 Å². The van der Waals surface area contributed by atoms with Crippen LogP contribution in [-0.4, -0.2) is 19.9 Å². The average molecular weight is 236 g/mol. The van der Waals surface area contributed by atoms with Crippen LogP contribution in [0.2, 0.25) is 0 Å². The Morgan fingerprint density at radius 1 is 1.35 bits per heavy atom. The van der Waals surface area contributed by atoms with Gasteiger partial charge >= 0.3 is 0 Å². The minimum absolute atomic E-state index is 0.0653. The lowest BCUT2D eigenvalue weighted by atomic mass is 10.4. The van der Waals surface area contributed by atoms with Crippen LogP contribution < -0.4 is 5.32 Å². The van der Waals surface area contributed by atoms with Gasteiger partial charge in [-0.05, 0) is 19.1 Å². The summed E-state index contributed by atoms with van der Waals surface area (Å²) in [6.45, 7) is 4.09. The van der Waals surface area contributed by atoms with E-state index in [2.05, 4.69) is 15.5 Å². The quantitative estimate of drug-likeness (QED) is 0.771. The summed E-state index contributed by atoms with van der Waals surface area (Å²) in [5, 5.41) is 19.9. The third kappa shape index (κ3) is 2.92. The van der Waals surface area contributed by atoms with Crippen LogP contribution in [0.3, 0.4) is 0 Å². The predicted octanol–water partition coefficient (Wildman–Crippen LogP) is 0.673. The van der Waals surface area contributed by atoms with Gasteiger partial charge in [-0.15, -0.1) is 10.2 Å². The van der Waals surface area contributed by atoms with E-state index >= 15 is 0 Å². The van der Waals surface area contributed by atoms with Crippen molar-refractivity contribution in [3.8, 4) is 0 Å². The van der Waals surface area contributed by atoms with E-state index in [9.17, 15) is 0 Å². The molecule has 92 valence electrons. The number of aryl methyl sites for hydroxylation is 1. The molecule has 17 heavy (non-hydrogen) atoms. The molecule has 0 spiro atoms. The maximum Gasteiger partial charge on any atom is 0.146 e. The van der Waals surface area contributed by atoms with Gasteiger partial charge in [-0.3, -0.25) is 0 Å². The summed E-state index contributed by atoms with van der Waals surface area (Å²) < 4.78 is 7.33. The van der Waals surface area contributed by atoms with E-state index < -0.39 is 0 Å². The van der Waals surface area contributed by atoms with E-state index in [0.29, 0.717) is 18.8 Å². The fourth-order valence-corrected chi connectivity index (χ4v) is 1.58. The largest absolute Gasteiger partial charge is 0.462 e. The number of nitrogens with one attached hydrogen (secondary N) is 1. The number of nitrogens with zero attached hydrogens (tertiary/aromatic N) is 3. The number of hydrogen-bond acceptors (Lipinski definition) is 5. The summed E-state index contributed by atoms with van der Waals surface area (Å²) in [5.74, 6) is 2.29. The Kier molecular flexibility index (Phi) is 3.89. The lowest BCUT2D eigenvalue weighted by Gasteiger charge is -2.03. The molecule has 2 aromatic heterocycles. The van der Waals surface area contributed by atoms with Crippen LogP contribution >= 0.6 is 0 Å². The van der Waals surface area contributed by atoms with Crippen LogP contribution in [0.5, 0.6) is 0 Å². The summed E-state index contributed by atoms with van der Waals surface area (Å²) >= 11 is 0. The second-order valence-electron chi connectivity index (χ2n) is 3.66. The van der Waals surface area contributed by atoms with Crippen LogP contribution in [-0.2, 0) is 26.2 Å². The van der Waals surface area contributed by atoms with E-state index in [1.807, 2.05) is 17.6 Å². The monoisotopic (exact) mass is 236 g/mol. The van der Waals surface area contributed by atoms with Crippen molar-refractivity contribution in [2.75, 3.05) is 0 Å². The maximum atomic E-state index is 8.86. The topological polar surface area (TPSA) is 76.1 Å². The summed E-state index contributed by atoms with van der Waals surface area (Å²) in [5.41, 5.74) is 0. The highest BCUT2D eigenvalue weighted by molar-refractivity contribution is 5.06. The minimum atomic E-state index is -0.0653. The third-order valence-electron chi connectivity index (χ3n) is 2.49. The molecule has 0 saturated carbocycles. The second kappa shape index (κ2) is 5.60. The number of rotatable bonds is 6. The Morgan fingerprint density at radius 2 is 2.18 bits per heavy atom. The zero-order chi connectivity index (χ0) is 12.1. The van der Waals surface area contributed by atoms with Crippen LogP contribution in [0.25, 0.3) is 0 Å². The van der Waals surface area contributed by atoms with E-state index in [-0.39, 0.29) is 6.61 Å². The molecule has 0 unspecified atom stereocenters. The molecule has 0 atom stereocenters. The summed E-state index contributed by atoms with van der Waals surface area (Å²) in [4.78, 5) is 0. The van der Waals surface area contributed by atoms with Crippen molar-refractivity contribution in [3.63, 3.8) is 0 Å². The smallest absolute Gasteiger partial charge is 0.146 e. The summed E-state index contributed by atoms with van der Waals surface area (Å²) in [7, 11) is 0. The van der Waals surface area contributed by atoms with Crippen LogP contribution in [0.15, 0.2) is 22.9 Å². The number of aromatic nitrogens is 3. The van der Waals surface area contributed by atoms with Gasteiger partial charge in [0.25, 0.3) is 0 Å². The highest BCUT2D eigenvalue weighted by Gasteiger charge is 2.04. The maximum absolute atomic E-state index is 8.86. The first kappa shape index (κ1) is 11.8. The minimum Gasteiger partial charge on any atom is -0.462 e. The first-order valence-corrected chi connectivity index (χ1v) is 5.59. The molecule has 0 saturated heterocycles. The number of furan rings is 1. The van der Waals surface area contributed by atoms with Crippen molar-refractivity contribution in [2.24, 2.45) is 0 Å². The van der Waals surface area contributed by atoms with Crippen molar-refractivity contribution in [1.82, 2.24) is 20.1 Å². The van der Waals surface area contributed by atoms with Gasteiger partial charge in [0, 0.05) is 6.54 Å². The number of hydrogen-bond donors (Lipinski definition) is 2. The first-order valence-electron chi connectivity index (χ1n) is 5.59. The SMILES string of the molecule is CCn1cnnc1CNCc1ccc(CO)o1. The normalized spacial score (nSPS) is 10.9. The zero-order valence-corrected chi connectivity index (χ0v) is 9.76. The third-order valence-corrected chi connectivity index (χ3v) is 2.49. The standard InChI is InChI=1S/C11H16N4O2/c1-2-15-8-13-14-11(15)6-12-5-9-3-4-10(7-16)17-9/h3-4,8,12,16H,2,5-7H2,1H3. The lowest BCUT2D eigenvalue weighted by Crippen LogP contribution is -2.16. The average Bonchev–Trinajstić information content (AvgIpc) is 2.97. The molecule has 0 aliphatic rings. The van der Waals surface area contributed by atoms with E-state index in [0.717, 1.165) is 18.1 Å². The molecule has 6 heteroatoms. The van der Waals surface area contributed by atoms with Crippen molar-refractivity contribution >= 4 is 0 Å². The molecule has 2 aromatic rings. The fraction of sp³-hybridized carbons (Fsp3) is 0.455. The highest BCUT2D eigenvalue weighted by atomic mass is 16.4. The van der Waals surface area contributed by atoms with Gasteiger partial charge in [0.2, 0.25) is 0 Å². The van der Waals surface area contributed by atoms with Crippen molar-refractivity contribution in [2.45, 2.75) is 33.2 Å². The molecule has 0 aliphatic carbocycles. The van der Waals surface area contributed by atoms with Crippen molar-refractivity contribution in [3.05, 3.63) is 35.8 Å². The van der Waals surface area contributed by atoms with Gasteiger partial charge in [-0.1, -0.05) is 0 Å². The Morgan fingerprint density at radius 3 is 2.88 bits per heavy atom. The molecule has 0 amide bonds. The lowest BCUT2D eigenvalue weighted by molar-refractivity contribution is 0.242. The van der Waals surface area contributed by atoms with Gasteiger partial charge in [0.15, 0.2) is 0 Å². The van der Waals surface area contributed by atoms with Crippen LogP contribution in [0.1, 0.15) is 24.3 Å².